The van der Waals surface area contributed by atoms with Crippen LogP contribution in [0.4, 0.5) is 4.39 Å². The number of hydrogen-bond acceptors (Lipinski definition) is 2. The average molecular weight is 335 g/mol. The van der Waals surface area contributed by atoms with Crippen molar-refractivity contribution in [2.75, 3.05) is 0 Å². The van der Waals surface area contributed by atoms with E-state index in [-0.39, 0.29) is 18.2 Å². The molecule has 0 heterocycles. The van der Waals surface area contributed by atoms with Crippen molar-refractivity contribution < 1.29 is 19.1 Å². The predicted octanol–water partition coefficient (Wildman–Crippen LogP) is 3.40. The largest absolute Gasteiger partial charge is 0.480 e. The first kappa shape index (κ1) is 18.4. The molecule has 0 bridgehead atoms. The maximum Gasteiger partial charge on any atom is 0.326 e. The Morgan fingerprint density at radius 1 is 1.25 bits per heavy atom. The number of rotatable bonds is 6. The fraction of sp³-hybridized carbons (Fsp3) is 0.579. The van der Waals surface area contributed by atoms with Gasteiger partial charge in [0, 0.05) is 12.3 Å². The van der Waals surface area contributed by atoms with Gasteiger partial charge in [-0.15, -0.1) is 0 Å². The van der Waals surface area contributed by atoms with Gasteiger partial charge in [-0.05, 0) is 55.2 Å². The average Bonchev–Trinajstić information content (AvgIpc) is 2.54. The molecule has 5 heteroatoms. The van der Waals surface area contributed by atoms with Gasteiger partial charge >= 0.3 is 5.97 Å². The summed E-state index contributed by atoms with van der Waals surface area (Å²) in [5, 5.41) is 12.0. The second kappa shape index (κ2) is 8.27. The molecule has 24 heavy (non-hydrogen) atoms. The van der Waals surface area contributed by atoms with Crippen molar-refractivity contribution in [1.29, 1.82) is 0 Å². The highest BCUT2D eigenvalue weighted by atomic mass is 19.1. The maximum atomic E-state index is 13.2. The number of aliphatic carboxylic acids is 1. The van der Waals surface area contributed by atoms with E-state index >= 15 is 0 Å². The number of carboxylic acids is 1. The topological polar surface area (TPSA) is 66.4 Å². The van der Waals surface area contributed by atoms with Gasteiger partial charge in [0.1, 0.15) is 11.9 Å². The standard InChI is InChI=1S/C19H26FNO3/c1-12(2)14-6-8-15(9-7-14)18(22)21-17(19(23)24)11-13-4-3-5-16(20)10-13/h3-5,10,12,14-15,17H,6-9,11H2,1-2H3,(H,21,22)(H,23,24). The number of halogens is 1. The number of carbonyl (C=O) groups excluding carboxylic acids is 1. The Balaban J connectivity index is 1.93. The van der Waals surface area contributed by atoms with Crippen molar-refractivity contribution in [2.24, 2.45) is 17.8 Å². The van der Waals surface area contributed by atoms with E-state index in [0.29, 0.717) is 17.4 Å². The SMILES string of the molecule is CC(C)C1CCC(C(=O)NC(Cc2cccc(F)c2)C(=O)O)CC1. The third-order valence-corrected chi connectivity index (χ3v) is 5.03. The lowest BCUT2D eigenvalue weighted by Gasteiger charge is -2.30. The zero-order valence-electron chi connectivity index (χ0n) is 14.3. The Morgan fingerprint density at radius 3 is 2.46 bits per heavy atom. The summed E-state index contributed by atoms with van der Waals surface area (Å²) < 4.78 is 13.2. The van der Waals surface area contributed by atoms with Crippen LogP contribution in [0.25, 0.3) is 0 Å². The van der Waals surface area contributed by atoms with Gasteiger partial charge < -0.3 is 10.4 Å². The predicted molar refractivity (Wildman–Crippen MR) is 90.0 cm³/mol. The van der Waals surface area contributed by atoms with Crippen molar-refractivity contribution in [1.82, 2.24) is 5.32 Å². The molecule has 0 radical (unpaired) electrons. The molecule has 1 amide bonds. The number of hydrogen-bond donors (Lipinski definition) is 2. The van der Waals surface area contributed by atoms with E-state index in [4.69, 9.17) is 0 Å². The second-order valence-corrected chi connectivity index (χ2v) is 7.09. The first-order valence-corrected chi connectivity index (χ1v) is 8.64. The van der Waals surface area contributed by atoms with E-state index in [1.807, 2.05) is 0 Å². The number of carboxylic acid groups (broad SMARTS) is 1. The Hall–Kier alpha value is -1.91. The molecule has 0 spiro atoms. The lowest BCUT2D eigenvalue weighted by Crippen LogP contribution is -2.45. The zero-order chi connectivity index (χ0) is 17.7. The van der Waals surface area contributed by atoms with Crippen molar-refractivity contribution in [3.05, 3.63) is 35.6 Å². The molecule has 1 atom stereocenters. The van der Waals surface area contributed by atoms with E-state index in [1.54, 1.807) is 12.1 Å². The minimum atomic E-state index is -1.09. The zero-order valence-corrected chi connectivity index (χ0v) is 14.3. The minimum absolute atomic E-state index is 0.0835. The van der Waals surface area contributed by atoms with Crippen LogP contribution in [-0.4, -0.2) is 23.0 Å². The second-order valence-electron chi connectivity index (χ2n) is 7.09. The molecule has 1 aliphatic carbocycles. The summed E-state index contributed by atoms with van der Waals surface area (Å²) in [5.74, 6) is -0.542. The fourth-order valence-electron chi connectivity index (χ4n) is 3.44. The van der Waals surface area contributed by atoms with Crippen LogP contribution in [0.5, 0.6) is 0 Å². The van der Waals surface area contributed by atoms with E-state index in [1.165, 1.54) is 12.1 Å². The van der Waals surface area contributed by atoms with Gasteiger partial charge in [-0.1, -0.05) is 26.0 Å². The Bertz CT molecular complexity index is 580. The van der Waals surface area contributed by atoms with Crippen LogP contribution in [0.3, 0.4) is 0 Å². The van der Waals surface area contributed by atoms with Gasteiger partial charge in [0.25, 0.3) is 0 Å². The van der Waals surface area contributed by atoms with Crippen molar-refractivity contribution in [3.63, 3.8) is 0 Å². The highest BCUT2D eigenvalue weighted by Crippen LogP contribution is 2.33. The molecule has 2 N–H and O–H groups in total. The summed E-state index contributed by atoms with van der Waals surface area (Å²) in [4.78, 5) is 23.8. The molecular formula is C19H26FNO3. The highest BCUT2D eigenvalue weighted by Gasteiger charge is 2.30. The first-order valence-electron chi connectivity index (χ1n) is 8.64. The molecule has 1 aliphatic rings. The first-order chi connectivity index (χ1) is 11.4. The van der Waals surface area contributed by atoms with Crippen LogP contribution >= 0.6 is 0 Å². The Kier molecular flexibility index (Phi) is 6.35. The van der Waals surface area contributed by atoms with Crippen molar-refractivity contribution in [2.45, 2.75) is 52.0 Å². The summed E-state index contributed by atoms with van der Waals surface area (Å²) >= 11 is 0. The van der Waals surface area contributed by atoms with E-state index < -0.39 is 17.8 Å². The van der Waals surface area contributed by atoms with Gasteiger partial charge in [-0.25, -0.2) is 9.18 Å². The number of nitrogens with one attached hydrogen (secondary N) is 1. The van der Waals surface area contributed by atoms with Crippen LogP contribution in [-0.2, 0) is 16.0 Å². The molecule has 1 unspecified atom stereocenters. The Morgan fingerprint density at radius 2 is 1.92 bits per heavy atom. The Labute approximate surface area is 142 Å². The molecule has 2 rings (SSSR count). The number of amides is 1. The molecule has 1 aromatic rings. The molecule has 0 aromatic heterocycles. The lowest BCUT2D eigenvalue weighted by molar-refractivity contribution is -0.142. The van der Waals surface area contributed by atoms with Crippen LogP contribution in [0, 0.1) is 23.6 Å². The van der Waals surface area contributed by atoms with E-state index in [2.05, 4.69) is 19.2 Å². The van der Waals surface area contributed by atoms with E-state index in [9.17, 15) is 19.1 Å². The van der Waals surface area contributed by atoms with Crippen LogP contribution in [0.1, 0.15) is 45.1 Å². The summed E-state index contributed by atoms with van der Waals surface area (Å²) in [7, 11) is 0. The normalized spacial score (nSPS) is 22.2. The minimum Gasteiger partial charge on any atom is -0.480 e. The van der Waals surface area contributed by atoms with Crippen LogP contribution in [0.2, 0.25) is 0 Å². The van der Waals surface area contributed by atoms with Gasteiger partial charge in [-0.2, -0.15) is 0 Å². The summed E-state index contributed by atoms with van der Waals surface area (Å²) in [6.07, 6.45) is 3.72. The van der Waals surface area contributed by atoms with Gasteiger partial charge in [0.2, 0.25) is 5.91 Å². The molecule has 132 valence electrons. The van der Waals surface area contributed by atoms with Gasteiger partial charge in [-0.3, -0.25) is 4.79 Å². The molecule has 0 saturated heterocycles. The highest BCUT2D eigenvalue weighted by molar-refractivity contribution is 5.85. The van der Waals surface area contributed by atoms with Crippen molar-refractivity contribution >= 4 is 11.9 Å². The molecule has 1 fully saturated rings. The fourth-order valence-corrected chi connectivity index (χ4v) is 3.44. The maximum absolute atomic E-state index is 13.2. The van der Waals surface area contributed by atoms with Crippen LogP contribution in [0.15, 0.2) is 24.3 Å². The monoisotopic (exact) mass is 335 g/mol. The summed E-state index contributed by atoms with van der Waals surface area (Å²) in [5.41, 5.74) is 0.561. The van der Waals surface area contributed by atoms with Crippen molar-refractivity contribution in [3.8, 4) is 0 Å². The summed E-state index contributed by atoms with van der Waals surface area (Å²) in [6, 6.07) is 4.79. The number of carbonyl (C=O) groups is 2. The summed E-state index contributed by atoms with van der Waals surface area (Å²) in [6.45, 7) is 4.40. The van der Waals surface area contributed by atoms with E-state index in [0.717, 1.165) is 25.7 Å². The van der Waals surface area contributed by atoms with Gasteiger partial charge in [0.15, 0.2) is 0 Å². The van der Waals surface area contributed by atoms with Gasteiger partial charge in [0.05, 0.1) is 0 Å². The molecule has 1 aromatic carbocycles. The third kappa shape index (κ3) is 5.05. The molecule has 1 saturated carbocycles. The van der Waals surface area contributed by atoms with Crippen LogP contribution < -0.4 is 5.32 Å². The molecule has 0 aliphatic heterocycles. The lowest BCUT2D eigenvalue weighted by atomic mass is 9.76. The molecular weight excluding hydrogens is 309 g/mol. The molecule has 4 nitrogen and oxygen atoms in total. The smallest absolute Gasteiger partial charge is 0.326 e. The third-order valence-electron chi connectivity index (χ3n) is 5.03. The number of benzene rings is 1. The quantitative estimate of drug-likeness (QED) is 0.837.